The van der Waals surface area contributed by atoms with Crippen LogP contribution < -0.4 is 16.2 Å². The maximum atomic E-state index is 12.4. The summed E-state index contributed by atoms with van der Waals surface area (Å²) in [5.74, 6) is -0.0417. The molecule has 1 unspecified atom stereocenters. The fourth-order valence-electron chi connectivity index (χ4n) is 2.77. The number of rotatable bonds is 5. The number of hydrogen-bond donors (Lipinski definition) is 2. The topological polar surface area (TPSA) is 76.0 Å². The molecule has 0 spiro atoms. The van der Waals surface area contributed by atoms with Gasteiger partial charge in [0.05, 0.1) is 17.2 Å². The number of carbonyl (C=O) groups excluding carboxylic acids is 1. The number of amides is 1. The lowest BCUT2D eigenvalue weighted by Crippen LogP contribution is -2.37. The molecule has 6 nitrogen and oxygen atoms in total. The molecular formula is C16H20BrClN4O2. The van der Waals surface area contributed by atoms with Crippen molar-refractivity contribution in [1.82, 2.24) is 20.2 Å². The summed E-state index contributed by atoms with van der Waals surface area (Å²) in [6, 6.07) is 5.78. The predicted molar refractivity (Wildman–Crippen MR) is 99.6 cm³/mol. The van der Waals surface area contributed by atoms with E-state index in [1.54, 1.807) is 12.1 Å². The van der Waals surface area contributed by atoms with E-state index in [1.165, 1.54) is 10.9 Å². The van der Waals surface area contributed by atoms with Crippen LogP contribution in [0.15, 0.2) is 33.8 Å². The van der Waals surface area contributed by atoms with E-state index in [4.69, 9.17) is 0 Å². The van der Waals surface area contributed by atoms with E-state index < -0.39 is 0 Å². The number of nitrogens with zero attached hydrogens (tertiary/aromatic N) is 2. The second-order valence-electron chi connectivity index (χ2n) is 5.75. The smallest absolute Gasteiger partial charge is 0.261 e. The summed E-state index contributed by atoms with van der Waals surface area (Å²) in [6.45, 7) is 2.00. The zero-order chi connectivity index (χ0) is 16.2. The molecule has 1 amide bonds. The summed E-state index contributed by atoms with van der Waals surface area (Å²) in [6.07, 6.45) is 4.04. The molecule has 1 atom stereocenters. The average Bonchev–Trinajstić information content (AvgIpc) is 3.06. The van der Waals surface area contributed by atoms with E-state index in [0.29, 0.717) is 30.0 Å². The molecule has 24 heavy (non-hydrogen) atoms. The largest absolute Gasteiger partial charge is 0.354 e. The molecule has 0 aliphatic carbocycles. The average molecular weight is 416 g/mol. The number of nitrogens with one attached hydrogen (secondary N) is 2. The molecular weight excluding hydrogens is 396 g/mol. The Hall–Kier alpha value is -1.44. The van der Waals surface area contributed by atoms with Crippen LogP contribution in [0.3, 0.4) is 0 Å². The van der Waals surface area contributed by atoms with Crippen molar-refractivity contribution in [1.29, 1.82) is 0 Å². The van der Waals surface area contributed by atoms with Crippen LogP contribution in [0.1, 0.15) is 19.3 Å². The lowest BCUT2D eigenvalue weighted by Gasteiger charge is -2.12. The van der Waals surface area contributed by atoms with Crippen LogP contribution in [-0.4, -0.2) is 34.6 Å². The maximum absolute atomic E-state index is 12.4. The minimum atomic E-state index is -0.124. The number of benzene rings is 1. The van der Waals surface area contributed by atoms with Gasteiger partial charge in [0.2, 0.25) is 5.91 Å². The number of aryl methyl sites for hydroxylation is 1. The molecule has 2 N–H and O–H groups in total. The van der Waals surface area contributed by atoms with Crippen molar-refractivity contribution in [2.45, 2.75) is 31.8 Å². The highest BCUT2D eigenvalue weighted by molar-refractivity contribution is 9.10. The predicted octanol–water partition coefficient (Wildman–Crippen LogP) is 1.84. The third-order valence-corrected chi connectivity index (χ3v) is 4.57. The molecule has 2 heterocycles. The van der Waals surface area contributed by atoms with Crippen LogP contribution in [-0.2, 0) is 11.3 Å². The first-order chi connectivity index (χ1) is 11.1. The minimum Gasteiger partial charge on any atom is -0.354 e. The van der Waals surface area contributed by atoms with Crippen molar-refractivity contribution in [3.8, 4) is 0 Å². The first-order valence-electron chi connectivity index (χ1n) is 7.78. The summed E-state index contributed by atoms with van der Waals surface area (Å²) in [5, 5.41) is 6.80. The molecule has 1 aromatic carbocycles. The lowest BCUT2D eigenvalue weighted by atomic mass is 10.2. The van der Waals surface area contributed by atoms with Crippen molar-refractivity contribution in [3.63, 3.8) is 0 Å². The fraction of sp³-hybridized carbons (Fsp3) is 0.438. The Morgan fingerprint density at radius 2 is 2.29 bits per heavy atom. The zero-order valence-corrected chi connectivity index (χ0v) is 15.5. The van der Waals surface area contributed by atoms with Gasteiger partial charge in [0.1, 0.15) is 0 Å². The van der Waals surface area contributed by atoms with Crippen LogP contribution in [0.2, 0.25) is 0 Å². The van der Waals surface area contributed by atoms with Crippen LogP contribution in [0, 0.1) is 0 Å². The van der Waals surface area contributed by atoms with Gasteiger partial charge in [-0.05, 0) is 37.6 Å². The number of aromatic nitrogens is 2. The number of halogens is 2. The van der Waals surface area contributed by atoms with Gasteiger partial charge in [0, 0.05) is 30.0 Å². The van der Waals surface area contributed by atoms with Crippen LogP contribution in [0.4, 0.5) is 0 Å². The van der Waals surface area contributed by atoms with Gasteiger partial charge < -0.3 is 10.6 Å². The highest BCUT2D eigenvalue weighted by Gasteiger charge is 2.14. The highest BCUT2D eigenvalue weighted by Crippen LogP contribution is 2.14. The third kappa shape index (κ3) is 4.55. The Kier molecular flexibility index (Phi) is 6.77. The summed E-state index contributed by atoms with van der Waals surface area (Å²) in [5.41, 5.74) is 0.535. The number of hydrogen-bond acceptors (Lipinski definition) is 4. The minimum absolute atomic E-state index is 0. The molecule has 1 aliphatic heterocycles. The Bertz CT molecular complexity index is 774. The molecule has 130 valence electrons. The highest BCUT2D eigenvalue weighted by atomic mass is 79.9. The van der Waals surface area contributed by atoms with Gasteiger partial charge in [0.15, 0.2) is 0 Å². The standard InChI is InChI=1S/C16H19BrN4O2.ClH/c17-11-3-4-14-13(8-11)16(23)21(10-20-14)7-5-15(22)19-9-12-2-1-6-18-12;/h3-4,8,10,12,18H,1-2,5-7,9H2,(H,19,22);1H. The lowest BCUT2D eigenvalue weighted by molar-refractivity contribution is -0.121. The van der Waals surface area contributed by atoms with Gasteiger partial charge in [-0.1, -0.05) is 15.9 Å². The van der Waals surface area contributed by atoms with Gasteiger partial charge in [-0.3, -0.25) is 14.2 Å². The Balaban J connectivity index is 0.00000208. The molecule has 1 aromatic heterocycles. The Morgan fingerprint density at radius 1 is 1.46 bits per heavy atom. The molecule has 1 fully saturated rings. The van der Waals surface area contributed by atoms with Crippen molar-refractivity contribution >= 4 is 45.1 Å². The van der Waals surface area contributed by atoms with Gasteiger partial charge in [-0.2, -0.15) is 0 Å². The second-order valence-corrected chi connectivity index (χ2v) is 6.67. The normalized spacial score (nSPS) is 16.8. The molecule has 1 aliphatic rings. The van der Waals surface area contributed by atoms with Crippen molar-refractivity contribution in [2.75, 3.05) is 13.1 Å². The van der Waals surface area contributed by atoms with Crippen LogP contribution >= 0.6 is 28.3 Å². The molecule has 3 rings (SSSR count). The molecule has 2 aromatic rings. The second kappa shape index (κ2) is 8.60. The van der Waals surface area contributed by atoms with Crippen molar-refractivity contribution in [2.24, 2.45) is 0 Å². The Morgan fingerprint density at radius 3 is 3.04 bits per heavy atom. The Labute approximate surface area is 154 Å². The van der Waals surface area contributed by atoms with Gasteiger partial charge in [0.25, 0.3) is 5.56 Å². The van der Waals surface area contributed by atoms with Gasteiger partial charge in [-0.15, -0.1) is 12.4 Å². The zero-order valence-electron chi connectivity index (χ0n) is 13.1. The quantitative estimate of drug-likeness (QED) is 0.781. The monoisotopic (exact) mass is 414 g/mol. The van der Waals surface area contributed by atoms with Crippen LogP contribution in [0.5, 0.6) is 0 Å². The summed E-state index contributed by atoms with van der Waals surface area (Å²) in [4.78, 5) is 28.6. The number of fused-ring (bicyclic) bond motifs is 1. The molecule has 1 saturated heterocycles. The molecule has 0 bridgehead atoms. The first-order valence-corrected chi connectivity index (χ1v) is 8.57. The fourth-order valence-corrected chi connectivity index (χ4v) is 3.13. The first kappa shape index (κ1) is 18.9. The third-order valence-electron chi connectivity index (χ3n) is 4.07. The maximum Gasteiger partial charge on any atom is 0.261 e. The summed E-state index contributed by atoms with van der Waals surface area (Å²) < 4.78 is 2.32. The van der Waals surface area contributed by atoms with Gasteiger partial charge >= 0.3 is 0 Å². The van der Waals surface area contributed by atoms with E-state index in [-0.39, 0.29) is 30.3 Å². The van der Waals surface area contributed by atoms with E-state index >= 15 is 0 Å². The van der Waals surface area contributed by atoms with Crippen molar-refractivity contribution < 1.29 is 4.79 Å². The van der Waals surface area contributed by atoms with Crippen molar-refractivity contribution in [3.05, 3.63) is 39.4 Å². The molecule has 0 saturated carbocycles. The van der Waals surface area contributed by atoms with E-state index in [2.05, 4.69) is 31.5 Å². The summed E-state index contributed by atoms with van der Waals surface area (Å²) in [7, 11) is 0. The van der Waals surface area contributed by atoms with Crippen LogP contribution in [0.25, 0.3) is 10.9 Å². The molecule has 8 heteroatoms. The van der Waals surface area contributed by atoms with E-state index in [0.717, 1.165) is 23.9 Å². The summed E-state index contributed by atoms with van der Waals surface area (Å²) >= 11 is 3.36. The van der Waals surface area contributed by atoms with E-state index in [1.807, 2.05) is 6.07 Å². The number of carbonyl (C=O) groups is 1. The van der Waals surface area contributed by atoms with Gasteiger partial charge in [-0.25, -0.2) is 4.98 Å². The van der Waals surface area contributed by atoms with E-state index in [9.17, 15) is 9.59 Å². The molecule has 0 radical (unpaired) electrons. The SMILES string of the molecule is Cl.O=C(CCn1cnc2ccc(Br)cc2c1=O)NCC1CCCN1.